The molecule has 0 aliphatic carbocycles. The number of anilines is 2. The van der Waals surface area contributed by atoms with Gasteiger partial charge in [0.1, 0.15) is 5.75 Å². The Labute approximate surface area is 183 Å². The summed E-state index contributed by atoms with van der Waals surface area (Å²) in [6.45, 7) is 5.12. The Balaban J connectivity index is 1.13. The lowest BCUT2D eigenvalue weighted by Crippen LogP contribution is -2.45. The largest absolute Gasteiger partial charge is 0.480 e. The molecule has 3 aromatic carbocycles. The van der Waals surface area contributed by atoms with Crippen LogP contribution in [0.4, 0.5) is 11.4 Å². The molecular formula is C26H27N3O2. The molecule has 31 heavy (non-hydrogen) atoms. The number of ether oxygens (including phenoxy) is 1. The summed E-state index contributed by atoms with van der Waals surface area (Å²) in [5.41, 5.74) is 4.45. The van der Waals surface area contributed by atoms with Crippen molar-refractivity contribution in [2.45, 2.75) is 19.1 Å². The molecule has 1 atom stereocenters. The number of para-hydroxylation sites is 1. The van der Waals surface area contributed by atoms with E-state index in [1.165, 1.54) is 11.3 Å². The monoisotopic (exact) mass is 413 g/mol. The molecule has 0 bridgehead atoms. The van der Waals surface area contributed by atoms with E-state index in [0.717, 1.165) is 49.7 Å². The van der Waals surface area contributed by atoms with E-state index < -0.39 is 6.10 Å². The summed E-state index contributed by atoms with van der Waals surface area (Å²) in [7, 11) is 0. The number of nitrogens with zero attached hydrogens (tertiary/aromatic N) is 2. The van der Waals surface area contributed by atoms with Gasteiger partial charge in [-0.15, -0.1) is 0 Å². The molecular weight excluding hydrogens is 386 g/mol. The number of nitrogens with one attached hydrogen (secondary N) is 1. The van der Waals surface area contributed by atoms with E-state index in [4.69, 9.17) is 4.74 Å². The van der Waals surface area contributed by atoms with E-state index in [2.05, 4.69) is 57.6 Å². The van der Waals surface area contributed by atoms with Crippen LogP contribution >= 0.6 is 0 Å². The number of hydrogen-bond acceptors (Lipinski definition) is 4. The summed E-state index contributed by atoms with van der Waals surface area (Å²) in [5.74, 6) is 0.711. The maximum absolute atomic E-state index is 12.6. The molecule has 0 unspecified atom stereocenters. The highest BCUT2D eigenvalue weighted by Gasteiger charge is 2.28. The fourth-order valence-corrected chi connectivity index (χ4v) is 4.31. The number of rotatable bonds is 5. The van der Waals surface area contributed by atoms with Gasteiger partial charge in [0.2, 0.25) is 0 Å². The van der Waals surface area contributed by atoms with E-state index in [0.29, 0.717) is 6.42 Å². The minimum Gasteiger partial charge on any atom is -0.480 e. The Morgan fingerprint density at radius 2 is 1.58 bits per heavy atom. The highest BCUT2D eigenvalue weighted by Crippen LogP contribution is 2.29. The second-order valence-electron chi connectivity index (χ2n) is 8.20. The highest BCUT2D eigenvalue weighted by molar-refractivity contribution is 5.95. The summed E-state index contributed by atoms with van der Waals surface area (Å²) in [6, 6.07) is 26.6. The van der Waals surface area contributed by atoms with Crippen LogP contribution in [-0.4, -0.2) is 43.1 Å². The molecule has 2 heterocycles. The minimum absolute atomic E-state index is 0.0986. The van der Waals surface area contributed by atoms with Gasteiger partial charge in [-0.3, -0.25) is 9.69 Å². The SMILES string of the molecule is O=C(Nc1ccc(N2CCN(Cc3ccccc3)CC2)cc1)[C@H]1Cc2ccccc2O1. The summed E-state index contributed by atoms with van der Waals surface area (Å²) < 4.78 is 5.79. The molecule has 5 heteroatoms. The zero-order valence-electron chi connectivity index (χ0n) is 17.5. The van der Waals surface area contributed by atoms with Crippen LogP contribution in [0.2, 0.25) is 0 Å². The molecule has 5 rings (SSSR count). The van der Waals surface area contributed by atoms with E-state index in [1.54, 1.807) is 0 Å². The standard InChI is InChI=1S/C26H27N3O2/c30-26(25-18-21-8-4-5-9-24(21)31-25)27-22-10-12-23(13-11-22)29-16-14-28(15-17-29)19-20-6-2-1-3-7-20/h1-13,25H,14-19H2,(H,27,30)/t25-/m1/s1. The van der Waals surface area contributed by atoms with Crippen molar-refractivity contribution in [2.24, 2.45) is 0 Å². The summed E-state index contributed by atoms with van der Waals surface area (Å²) in [6.07, 6.45) is 0.155. The number of fused-ring (bicyclic) bond motifs is 1. The molecule has 1 saturated heterocycles. The van der Waals surface area contributed by atoms with Crippen LogP contribution in [0.5, 0.6) is 5.75 Å². The molecule has 5 nitrogen and oxygen atoms in total. The third kappa shape index (κ3) is 4.57. The summed E-state index contributed by atoms with van der Waals surface area (Å²) >= 11 is 0. The van der Waals surface area contributed by atoms with Crippen molar-refractivity contribution in [2.75, 3.05) is 36.4 Å². The van der Waals surface area contributed by atoms with Crippen molar-refractivity contribution in [3.63, 3.8) is 0 Å². The predicted molar refractivity (Wildman–Crippen MR) is 124 cm³/mol. The Kier molecular flexibility index (Phi) is 5.59. The number of benzene rings is 3. The number of piperazine rings is 1. The maximum atomic E-state index is 12.6. The zero-order valence-corrected chi connectivity index (χ0v) is 17.5. The fourth-order valence-electron chi connectivity index (χ4n) is 4.31. The van der Waals surface area contributed by atoms with Crippen molar-refractivity contribution in [1.29, 1.82) is 0 Å². The van der Waals surface area contributed by atoms with E-state index >= 15 is 0 Å². The van der Waals surface area contributed by atoms with Crippen LogP contribution in [0.1, 0.15) is 11.1 Å². The smallest absolute Gasteiger partial charge is 0.265 e. The summed E-state index contributed by atoms with van der Waals surface area (Å²) in [5, 5.41) is 2.99. The molecule has 3 aromatic rings. The molecule has 0 radical (unpaired) electrons. The number of carbonyl (C=O) groups is 1. The van der Waals surface area contributed by atoms with Crippen molar-refractivity contribution >= 4 is 17.3 Å². The van der Waals surface area contributed by atoms with E-state index in [1.807, 2.05) is 36.4 Å². The fraction of sp³-hybridized carbons (Fsp3) is 0.269. The van der Waals surface area contributed by atoms with Crippen LogP contribution in [0.3, 0.4) is 0 Å². The first-order chi connectivity index (χ1) is 15.2. The van der Waals surface area contributed by atoms with Gasteiger partial charge >= 0.3 is 0 Å². The average molecular weight is 414 g/mol. The van der Waals surface area contributed by atoms with Crippen molar-refractivity contribution < 1.29 is 9.53 Å². The molecule has 1 amide bonds. The molecule has 1 N–H and O–H groups in total. The normalized spacial score (nSPS) is 18.3. The average Bonchev–Trinajstić information content (AvgIpc) is 3.26. The Morgan fingerprint density at radius 1 is 0.871 bits per heavy atom. The van der Waals surface area contributed by atoms with E-state index in [-0.39, 0.29) is 5.91 Å². The van der Waals surface area contributed by atoms with Gasteiger partial charge in [0, 0.05) is 50.5 Å². The molecule has 2 aliphatic rings. The number of amides is 1. The zero-order chi connectivity index (χ0) is 21.0. The Hall–Kier alpha value is -3.31. The minimum atomic E-state index is -0.463. The van der Waals surface area contributed by atoms with Crippen LogP contribution in [-0.2, 0) is 17.8 Å². The number of carbonyl (C=O) groups excluding carboxylic acids is 1. The first-order valence-electron chi connectivity index (χ1n) is 10.9. The predicted octanol–water partition coefficient (Wildman–Crippen LogP) is 3.95. The topological polar surface area (TPSA) is 44.8 Å². The van der Waals surface area contributed by atoms with Crippen molar-refractivity contribution in [3.05, 3.63) is 90.0 Å². The highest BCUT2D eigenvalue weighted by atomic mass is 16.5. The first-order valence-corrected chi connectivity index (χ1v) is 10.9. The molecule has 0 saturated carbocycles. The van der Waals surface area contributed by atoms with Crippen LogP contribution in [0.25, 0.3) is 0 Å². The molecule has 2 aliphatic heterocycles. The van der Waals surface area contributed by atoms with Gasteiger partial charge in [-0.2, -0.15) is 0 Å². The van der Waals surface area contributed by atoms with E-state index in [9.17, 15) is 4.79 Å². The van der Waals surface area contributed by atoms with Crippen LogP contribution in [0.15, 0.2) is 78.9 Å². The van der Waals surface area contributed by atoms with Crippen LogP contribution in [0, 0.1) is 0 Å². The quantitative estimate of drug-likeness (QED) is 0.688. The Bertz CT molecular complexity index is 1000. The van der Waals surface area contributed by atoms with Crippen molar-refractivity contribution in [3.8, 4) is 5.75 Å². The second-order valence-corrected chi connectivity index (χ2v) is 8.20. The van der Waals surface area contributed by atoms with Gasteiger partial charge in [-0.05, 0) is 41.5 Å². The molecule has 0 aromatic heterocycles. The van der Waals surface area contributed by atoms with Gasteiger partial charge in [0.05, 0.1) is 0 Å². The van der Waals surface area contributed by atoms with Crippen molar-refractivity contribution in [1.82, 2.24) is 4.90 Å². The van der Waals surface area contributed by atoms with Crippen LogP contribution < -0.4 is 15.0 Å². The van der Waals surface area contributed by atoms with Gasteiger partial charge in [0.15, 0.2) is 6.10 Å². The third-order valence-corrected chi connectivity index (χ3v) is 6.06. The van der Waals surface area contributed by atoms with Gasteiger partial charge in [0.25, 0.3) is 5.91 Å². The molecule has 158 valence electrons. The number of hydrogen-bond donors (Lipinski definition) is 1. The Morgan fingerprint density at radius 3 is 2.32 bits per heavy atom. The molecule has 1 fully saturated rings. The lowest BCUT2D eigenvalue weighted by Gasteiger charge is -2.36. The van der Waals surface area contributed by atoms with Gasteiger partial charge in [-0.25, -0.2) is 0 Å². The maximum Gasteiger partial charge on any atom is 0.265 e. The lowest BCUT2D eigenvalue weighted by molar-refractivity contribution is -0.122. The van der Waals surface area contributed by atoms with Gasteiger partial charge in [-0.1, -0.05) is 48.5 Å². The third-order valence-electron chi connectivity index (χ3n) is 6.06. The second kappa shape index (κ2) is 8.82. The van der Waals surface area contributed by atoms with Gasteiger partial charge < -0.3 is 15.0 Å². The lowest BCUT2D eigenvalue weighted by atomic mass is 10.1. The molecule has 0 spiro atoms. The first kappa shape index (κ1) is 19.6. The summed E-state index contributed by atoms with van der Waals surface area (Å²) in [4.78, 5) is 17.5.